The zero-order chi connectivity index (χ0) is 17.8. The Morgan fingerprint density at radius 2 is 1.92 bits per heavy atom. The van der Waals surface area contributed by atoms with E-state index in [0.717, 1.165) is 19.3 Å². The zero-order valence-corrected chi connectivity index (χ0v) is 20.1. The van der Waals surface area contributed by atoms with Gasteiger partial charge in [-0.1, -0.05) is 36.0 Å². The third kappa shape index (κ3) is 6.34. The first-order chi connectivity index (χ1) is 12.0. The van der Waals surface area contributed by atoms with Crippen LogP contribution >= 0.6 is 46.1 Å². The number of thiophene rings is 1. The van der Waals surface area contributed by atoms with Gasteiger partial charge in [0.05, 0.1) is 12.7 Å². The number of benzene rings is 1. The fraction of sp³-hybridized carbons (Fsp3) is 0.474. The van der Waals surface area contributed by atoms with Crippen LogP contribution in [0, 0.1) is 17.2 Å². The predicted octanol–water partition coefficient (Wildman–Crippen LogP) is 5.86. The van der Waals surface area contributed by atoms with Crippen molar-refractivity contribution in [3.05, 3.63) is 50.6 Å². The van der Waals surface area contributed by atoms with Gasteiger partial charge >= 0.3 is 0 Å². The van der Waals surface area contributed by atoms with Crippen molar-refractivity contribution in [3.8, 4) is 5.75 Å². The van der Waals surface area contributed by atoms with Gasteiger partial charge < -0.3 is 21.2 Å². The minimum atomic E-state index is -0.433. The number of halogens is 3. The molecule has 1 aromatic carbocycles. The summed E-state index contributed by atoms with van der Waals surface area (Å²) in [6, 6.07) is 9.19. The standard InChI is InChI=1S/C19H20Cl3O2S.Y/c20-12-7-13(21)9-14(8-12)24-11-17-16(18(22)10-19(17)23)5-1-3-15-4-2-6-25-15;/h2,4,7-9,16-19,23H,1,3,5,10-11H2;/q-1;/t16-,17-,18-,19-;/m1./s1. The minimum Gasteiger partial charge on any atom is -0.493 e. The number of aryl methyl sites for hydroxylation is 1. The summed E-state index contributed by atoms with van der Waals surface area (Å²) in [5, 5.41) is 14.6. The maximum Gasteiger partial charge on any atom is 0.122 e. The molecule has 7 heteroatoms. The summed E-state index contributed by atoms with van der Waals surface area (Å²) in [6.07, 6.45) is 3.24. The van der Waals surface area contributed by atoms with Gasteiger partial charge in [-0.25, -0.2) is 6.07 Å². The van der Waals surface area contributed by atoms with Crippen molar-refractivity contribution < 1.29 is 42.6 Å². The van der Waals surface area contributed by atoms with E-state index < -0.39 is 6.10 Å². The van der Waals surface area contributed by atoms with Crippen molar-refractivity contribution in [3.63, 3.8) is 0 Å². The quantitative estimate of drug-likeness (QED) is 0.376. The number of alkyl halides is 1. The molecule has 0 bridgehead atoms. The van der Waals surface area contributed by atoms with Gasteiger partial charge in [0, 0.05) is 54.0 Å². The van der Waals surface area contributed by atoms with Gasteiger partial charge in [0.25, 0.3) is 0 Å². The molecular formula is C19H20Cl3O2SY-. The Morgan fingerprint density at radius 1 is 1.19 bits per heavy atom. The average molecular weight is 508 g/mol. The SMILES string of the molecule is O[C@@H]1C[C@@H](Cl)[C@H](CCCc2cc[c-]s2)[C@H]1COc1cc(Cl)cc(Cl)c1.[Y]. The summed E-state index contributed by atoms with van der Waals surface area (Å²) < 4.78 is 5.86. The average Bonchev–Trinajstić information content (AvgIpc) is 3.14. The summed E-state index contributed by atoms with van der Waals surface area (Å²) in [5.41, 5.74) is 0. The molecule has 3 rings (SSSR count). The molecule has 26 heavy (non-hydrogen) atoms. The van der Waals surface area contributed by atoms with E-state index in [1.807, 2.05) is 6.07 Å². The Balaban J connectivity index is 0.00000243. The first-order valence-corrected chi connectivity index (χ1v) is 10.4. The molecule has 1 aromatic heterocycles. The van der Waals surface area contributed by atoms with Gasteiger partial charge in [0.1, 0.15) is 5.75 Å². The van der Waals surface area contributed by atoms with Crippen molar-refractivity contribution in [2.75, 3.05) is 6.61 Å². The van der Waals surface area contributed by atoms with Crippen LogP contribution < -0.4 is 4.74 Å². The predicted molar refractivity (Wildman–Crippen MR) is 105 cm³/mol. The summed E-state index contributed by atoms with van der Waals surface area (Å²) in [5.74, 6) is 0.890. The van der Waals surface area contributed by atoms with Crippen LogP contribution in [0.15, 0.2) is 30.3 Å². The fourth-order valence-electron chi connectivity index (χ4n) is 3.48. The molecule has 1 saturated carbocycles. The number of ether oxygens (including phenoxy) is 1. The van der Waals surface area contributed by atoms with Gasteiger partial charge in [-0.2, -0.15) is 6.07 Å². The van der Waals surface area contributed by atoms with Crippen molar-refractivity contribution in [1.82, 2.24) is 0 Å². The molecule has 1 fully saturated rings. The second-order valence-corrected chi connectivity index (χ2v) is 8.87. The molecule has 0 amide bonds. The van der Waals surface area contributed by atoms with Crippen LogP contribution in [-0.4, -0.2) is 23.2 Å². The first kappa shape index (κ1) is 22.9. The molecule has 1 heterocycles. The summed E-state index contributed by atoms with van der Waals surface area (Å²) in [6.45, 7) is 0.415. The molecular weight excluding hydrogens is 488 g/mol. The van der Waals surface area contributed by atoms with E-state index in [-0.39, 0.29) is 49.9 Å². The van der Waals surface area contributed by atoms with E-state index >= 15 is 0 Å². The van der Waals surface area contributed by atoms with Gasteiger partial charge in [0.15, 0.2) is 0 Å². The topological polar surface area (TPSA) is 29.5 Å². The Labute approximate surface area is 199 Å². The van der Waals surface area contributed by atoms with Crippen LogP contribution in [0.3, 0.4) is 0 Å². The number of aliphatic hydroxyl groups excluding tert-OH is 1. The maximum atomic E-state index is 10.4. The minimum absolute atomic E-state index is 0. The summed E-state index contributed by atoms with van der Waals surface area (Å²) >= 11 is 20.2. The zero-order valence-electron chi connectivity index (χ0n) is 14.2. The van der Waals surface area contributed by atoms with Gasteiger partial charge in [0.2, 0.25) is 0 Å². The molecule has 0 unspecified atom stereocenters. The van der Waals surface area contributed by atoms with E-state index in [1.165, 1.54) is 4.88 Å². The van der Waals surface area contributed by atoms with E-state index in [2.05, 4.69) is 11.4 Å². The van der Waals surface area contributed by atoms with Crippen LogP contribution in [0.25, 0.3) is 0 Å². The van der Waals surface area contributed by atoms with Crippen LogP contribution in [0.1, 0.15) is 24.1 Å². The Morgan fingerprint density at radius 3 is 2.58 bits per heavy atom. The Kier molecular flexibility index (Phi) is 9.70. The summed E-state index contributed by atoms with van der Waals surface area (Å²) in [4.78, 5) is 1.34. The molecule has 1 N–H and O–H groups in total. The van der Waals surface area contributed by atoms with Crippen molar-refractivity contribution >= 4 is 46.1 Å². The third-order valence-electron chi connectivity index (χ3n) is 4.74. The third-order valence-corrected chi connectivity index (χ3v) is 6.54. The Hall–Kier alpha value is 0.654. The molecule has 2 aromatic rings. The second kappa shape index (κ2) is 11.0. The monoisotopic (exact) mass is 506 g/mol. The van der Waals surface area contributed by atoms with Gasteiger partial charge in [-0.3, -0.25) is 0 Å². The van der Waals surface area contributed by atoms with E-state index in [4.69, 9.17) is 39.5 Å². The molecule has 0 aliphatic heterocycles. The largest absolute Gasteiger partial charge is 0.493 e. The van der Waals surface area contributed by atoms with Crippen molar-refractivity contribution in [1.29, 1.82) is 0 Å². The molecule has 0 saturated heterocycles. The van der Waals surface area contributed by atoms with Gasteiger partial charge in [-0.05, 0) is 37.0 Å². The molecule has 1 aliphatic rings. The molecule has 1 aliphatic carbocycles. The molecule has 2 nitrogen and oxygen atoms in total. The van der Waals surface area contributed by atoms with E-state index in [9.17, 15) is 5.11 Å². The van der Waals surface area contributed by atoms with Crippen molar-refractivity contribution in [2.45, 2.75) is 37.2 Å². The van der Waals surface area contributed by atoms with Crippen LogP contribution in [-0.2, 0) is 39.1 Å². The van der Waals surface area contributed by atoms with Crippen molar-refractivity contribution in [2.24, 2.45) is 11.8 Å². The van der Waals surface area contributed by atoms with Gasteiger partial charge in [-0.15, -0.1) is 21.9 Å². The number of aliphatic hydroxyl groups is 1. The smallest absolute Gasteiger partial charge is 0.122 e. The van der Waals surface area contributed by atoms with E-state index in [1.54, 1.807) is 29.5 Å². The number of rotatable bonds is 7. The molecule has 1 radical (unpaired) electrons. The normalized spacial score (nSPS) is 25.1. The first-order valence-electron chi connectivity index (χ1n) is 8.38. The summed E-state index contributed by atoms with van der Waals surface area (Å²) in [7, 11) is 0. The number of hydrogen-bond donors (Lipinski definition) is 1. The van der Waals surface area contributed by atoms with Crippen LogP contribution in [0.2, 0.25) is 10.0 Å². The molecule has 139 valence electrons. The molecule has 4 atom stereocenters. The fourth-order valence-corrected chi connectivity index (χ4v) is 5.16. The van der Waals surface area contributed by atoms with E-state index in [0.29, 0.717) is 28.8 Å². The number of hydrogen-bond acceptors (Lipinski definition) is 3. The van der Waals surface area contributed by atoms with Crippen LogP contribution in [0.4, 0.5) is 0 Å². The second-order valence-electron chi connectivity index (χ2n) is 6.47. The Bertz CT molecular complexity index is 663. The maximum absolute atomic E-state index is 10.4. The van der Waals surface area contributed by atoms with Crippen LogP contribution in [0.5, 0.6) is 5.75 Å². The molecule has 0 spiro atoms.